The third-order valence-electron chi connectivity index (χ3n) is 5.63. The lowest BCUT2D eigenvalue weighted by Gasteiger charge is -2.34. The Labute approximate surface area is 165 Å². The van der Waals surface area contributed by atoms with Gasteiger partial charge in [-0.1, -0.05) is 30.3 Å². The fraction of sp³-hybridized carbons (Fsp3) is 0.476. The lowest BCUT2D eigenvalue weighted by molar-refractivity contribution is -0.120. The monoisotopic (exact) mass is 384 g/mol. The highest BCUT2D eigenvalue weighted by Gasteiger charge is 2.38. The van der Waals surface area contributed by atoms with E-state index >= 15 is 0 Å². The highest BCUT2D eigenvalue weighted by molar-refractivity contribution is 5.92. The predicted molar refractivity (Wildman–Crippen MR) is 106 cm³/mol. The summed E-state index contributed by atoms with van der Waals surface area (Å²) in [7, 11) is 1.77. The Morgan fingerprint density at radius 3 is 2.57 bits per heavy atom. The van der Waals surface area contributed by atoms with E-state index in [1.807, 2.05) is 18.2 Å². The van der Waals surface area contributed by atoms with Gasteiger partial charge in [-0.15, -0.1) is 0 Å². The van der Waals surface area contributed by atoms with Gasteiger partial charge in [0.1, 0.15) is 5.69 Å². The Balaban J connectivity index is 1.80. The van der Waals surface area contributed by atoms with E-state index in [4.69, 9.17) is 0 Å². The summed E-state index contributed by atoms with van der Waals surface area (Å²) >= 11 is 0. The van der Waals surface area contributed by atoms with Crippen LogP contribution >= 0.6 is 0 Å². The minimum absolute atomic E-state index is 0.139. The molecule has 1 heterocycles. The molecule has 3 rings (SSSR count). The van der Waals surface area contributed by atoms with Gasteiger partial charge in [0, 0.05) is 32.1 Å². The van der Waals surface area contributed by atoms with Crippen LogP contribution in [0.1, 0.15) is 48.7 Å². The van der Waals surface area contributed by atoms with Crippen molar-refractivity contribution in [2.24, 2.45) is 7.05 Å². The lowest BCUT2D eigenvalue weighted by atomic mass is 9.74. The lowest BCUT2D eigenvalue weighted by Crippen LogP contribution is -2.42. The van der Waals surface area contributed by atoms with Crippen molar-refractivity contribution in [3.05, 3.63) is 53.9 Å². The van der Waals surface area contributed by atoms with Crippen LogP contribution in [0.15, 0.2) is 42.6 Å². The van der Waals surface area contributed by atoms with Crippen LogP contribution in [0.5, 0.6) is 0 Å². The van der Waals surface area contributed by atoms with Gasteiger partial charge in [-0.2, -0.15) is 5.10 Å². The molecule has 3 atom stereocenters. The average Bonchev–Trinajstić information content (AvgIpc) is 3.06. The highest BCUT2D eigenvalue weighted by Crippen LogP contribution is 2.38. The molecule has 0 unspecified atom stereocenters. The van der Waals surface area contributed by atoms with E-state index in [-0.39, 0.29) is 23.3 Å². The van der Waals surface area contributed by atoms with E-state index in [9.17, 15) is 14.7 Å². The average molecular weight is 384 g/mol. The van der Waals surface area contributed by atoms with Crippen molar-refractivity contribution in [1.82, 2.24) is 20.4 Å². The number of nitrogens with one attached hydrogen (secondary N) is 2. The SMILES string of the molecule is CC(=O)N[C@H]1CC[C@](CNC(=O)c2ccn(C)n2)(c2ccccc2)CC[C@@H]1O. The second-order valence-electron chi connectivity index (χ2n) is 7.66. The topological polar surface area (TPSA) is 96.3 Å². The first kappa shape index (κ1) is 20.1. The molecule has 2 amide bonds. The number of benzene rings is 1. The highest BCUT2D eigenvalue weighted by atomic mass is 16.3. The van der Waals surface area contributed by atoms with Gasteiger partial charge in [0.15, 0.2) is 0 Å². The molecule has 7 heteroatoms. The first-order valence-electron chi connectivity index (χ1n) is 9.68. The van der Waals surface area contributed by atoms with E-state index in [1.165, 1.54) is 6.92 Å². The van der Waals surface area contributed by atoms with Crippen LogP contribution in [0.3, 0.4) is 0 Å². The number of rotatable bonds is 5. The van der Waals surface area contributed by atoms with E-state index in [2.05, 4.69) is 27.9 Å². The second-order valence-corrected chi connectivity index (χ2v) is 7.66. The minimum atomic E-state index is -0.596. The molecule has 0 saturated heterocycles. The smallest absolute Gasteiger partial charge is 0.271 e. The van der Waals surface area contributed by atoms with Crippen LogP contribution < -0.4 is 10.6 Å². The van der Waals surface area contributed by atoms with Gasteiger partial charge in [-0.3, -0.25) is 14.3 Å². The Hall–Kier alpha value is -2.67. The van der Waals surface area contributed by atoms with Crippen molar-refractivity contribution < 1.29 is 14.7 Å². The number of amides is 2. The second kappa shape index (κ2) is 8.56. The van der Waals surface area contributed by atoms with Crippen molar-refractivity contribution in [1.29, 1.82) is 0 Å². The third-order valence-corrected chi connectivity index (χ3v) is 5.63. The Morgan fingerprint density at radius 1 is 1.21 bits per heavy atom. The molecule has 0 aliphatic heterocycles. The van der Waals surface area contributed by atoms with Crippen molar-refractivity contribution in [3.63, 3.8) is 0 Å². The van der Waals surface area contributed by atoms with Gasteiger partial charge in [-0.05, 0) is 37.3 Å². The number of aromatic nitrogens is 2. The number of aliphatic hydroxyl groups excluding tert-OH is 1. The van der Waals surface area contributed by atoms with Gasteiger partial charge in [0.05, 0.1) is 12.1 Å². The van der Waals surface area contributed by atoms with Crippen molar-refractivity contribution in [3.8, 4) is 0 Å². The molecule has 28 heavy (non-hydrogen) atoms. The summed E-state index contributed by atoms with van der Waals surface area (Å²) in [6.45, 7) is 1.92. The number of carbonyl (C=O) groups excluding carboxylic acids is 2. The van der Waals surface area contributed by atoms with Crippen LogP contribution in [0.2, 0.25) is 0 Å². The Kier molecular flexibility index (Phi) is 6.14. The summed E-state index contributed by atoms with van der Waals surface area (Å²) in [4.78, 5) is 24.0. The van der Waals surface area contributed by atoms with E-state index in [1.54, 1.807) is 24.0 Å². The first-order chi connectivity index (χ1) is 13.4. The predicted octanol–water partition coefficient (Wildman–Crippen LogP) is 1.53. The van der Waals surface area contributed by atoms with Crippen molar-refractivity contribution in [2.45, 2.75) is 50.2 Å². The third kappa shape index (κ3) is 4.59. The number of carbonyl (C=O) groups is 2. The van der Waals surface area contributed by atoms with Crippen molar-refractivity contribution in [2.75, 3.05) is 6.54 Å². The van der Waals surface area contributed by atoms with Crippen LogP contribution in [0, 0.1) is 0 Å². The number of aliphatic hydroxyl groups is 1. The summed E-state index contributed by atoms with van der Waals surface area (Å²) in [5.74, 6) is -0.348. The molecule has 0 bridgehead atoms. The van der Waals surface area contributed by atoms with E-state index in [0.29, 0.717) is 25.1 Å². The van der Waals surface area contributed by atoms with Gasteiger partial charge in [-0.25, -0.2) is 0 Å². The van der Waals surface area contributed by atoms with Gasteiger partial charge < -0.3 is 15.7 Å². The maximum absolute atomic E-state index is 12.5. The maximum Gasteiger partial charge on any atom is 0.271 e. The summed E-state index contributed by atoms with van der Waals surface area (Å²) in [6, 6.07) is 11.5. The summed E-state index contributed by atoms with van der Waals surface area (Å²) in [5.41, 5.74) is 1.21. The van der Waals surface area contributed by atoms with Crippen LogP contribution in [-0.2, 0) is 17.3 Å². The zero-order chi connectivity index (χ0) is 20.1. The summed E-state index contributed by atoms with van der Waals surface area (Å²) in [6.07, 6.45) is 3.81. The van der Waals surface area contributed by atoms with Crippen LogP contribution in [0.25, 0.3) is 0 Å². The molecule has 0 radical (unpaired) electrons. The normalized spacial score (nSPS) is 25.0. The molecule has 3 N–H and O–H groups in total. The molecule has 1 aromatic heterocycles. The van der Waals surface area contributed by atoms with E-state index in [0.717, 1.165) is 18.4 Å². The largest absolute Gasteiger partial charge is 0.391 e. The number of hydrogen-bond donors (Lipinski definition) is 3. The standard InChI is InChI=1S/C21H28N4O3/c1-15(26)23-17-8-11-21(12-9-19(17)27,16-6-4-3-5-7-16)14-22-20(28)18-10-13-25(2)24-18/h3-7,10,13,17,19,27H,8-9,11-12,14H2,1-2H3,(H,22,28)(H,23,26)/t17-,19-,21-/m0/s1. The van der Waals surface area contributed by atoms with Gasteiger partial charge >= 0.3 is 0 Å². The zero-order valence-electron chi connectivity index (χ0n) is 16.4. The Morgan fingerprint density at radius 2 is 1.93 bits per heavy atom. The first-order valence-corrected chi connectivity index (χ1v) is 9.68. The minimum Gasteiger partial charge on any atom is -0.391 e. The number of hydrogen-bond acceptors (Lipinski definition) is 4. The molecule has 1 fully saturated rings. The van der Waals surface area contributed by atoms with Crippen molar-refractivity contribution >= 4 is 11.8 Å². The molecule has 1 aromatic carbocycles. The number of nitrogens with zero attached hydrogens (tertiary/aromatic N) is 2. The fourth-order valence-electron chi connectivity index (χ4n) is 4.04. The molecule has 1 aliphatic carbocycles. The quantitative estimate of drug-likeness (QED) is 0.681. The molecular weight excluding hydrogens is 356 g/mol. The summed E-state index contributed by atoms with van der Waals surface area (Å²) < 4.78 is 1.60. The molecule has 2 aromatic rings. The molecule has 7 nitrogen and oxygen atoms in total. The number of aryl methyl sites for hydroxylation is 1. The van der Waals surface area contributed by atoms with E-state index < -0.39 is 6.10 Å². The fourth-order valence-corrected chi connectivity index (χ4v) is 4.04. The molecule has 1 aliphatic rings. The molecular formula is C21H28N4O3. The Bertz CT molecular complexity index is 820. The van der Waals surface area contributed by atoms with Gasteiger partial charge in [0.25, 0.3) is 5.91 Å². The molecule has 150 valence electrons. The summed E-state index contributed by atoms with van der Waals surface area (Å²) in [5, 5.41) is 20.6. The van der Waals surface area contributed by atoms with Gasteiger partial charge in [0.2, 0.25) is 5.91 Å². The molecule has 0 spiro atoms. The van der Waals surface area contributed by atoms with Crippen LogP contribution in [-0.4, -0.2) is 45.4 Å². The maximum atomic E-state index is 12.5. The van der Waals surface area contributed by atoms with Crippen LogP contribution in [0.4, 0.5) is 0 Å². The molecule has 1 saturated carbocycles. The zero-order valence-corrected chi connectivity index (χ0v) is 16.4.